The molecule has 1 N–H and O–H groups in total. The van der Waals surface area contributed by atoms with Crippen molar-refractivity contribution in [3.05, 3.63) is 45.4 Å². The smallest absolute Gasteiger partial charge is 0.148 e. The van der Waals surface area contributed by atoms with Gasteiger partial charge in [0.1, 0.15) is 29.5 Å². The maximum Gasteiger partial charge on any atom is 0.148 e. The molecule has 2 rings (SSSR count). The lowest BCUT2D eigenvalue weighted by Crippen LogP contribution is -2.14. The highest BCUT2D eigenvalue weighted by atomic mass is 35.5. The summed E-state index contributed by atoms with van der Waals surface area (Å²) >= 11 is 6.20. The number of nitrogens with one attached hydrogen (secondary N) is 1. The number of nitrogens with zero attached hydrogens (tertiary/aromatic N) is 2. The zero-order chi connectivity index (χ0) is 19.1. The Hall–Kier alpha value is -1.81. The molecule has 0 atom stereocenters. The Labute approximate surface area is 162 Å². The highest BCUT2D eigenvalue weighted by Gasteiger charge is 2.12. The quantitative estimate of drug-likeness (QED) is 0.580. The average molecular weight is 376 g/mol. The van der Waals surface area contributed by atoms with Crippen LogP contribution in [0.15, 0.2) is 12.4 Å². The molecule has 0 amide bonds. The summed E-state index contributed by atoms with van der Waals surface area (Å²) in [6, 6.07) is 2.28. The third-order valence-electron chi connectivity index (χ3n) is 4.79. The molecule has 0 bridgehead atoms. The van der Waals surface area contributed by atoms with Crippen molar-refractivity contribution in [2.75, 3.05) is 18.5 Å². The van der Waals surface area contributed by atoms with Gasteiger partial charge in [-0.2, -0.15) is 0 Å². The van der Waals surface area contributed by atoms with Crippen molar-refractivity contribution < 1.29 is 4.74 Å². The fourth-order valence-corrected chi connectivity index (χ4v) is 3.26. The summed E-state index contributed by atoms with van der Waals surface area (Å²) in [7, 11) is 0. The summed E-state index contributed by atoms with van der Waals surface area (Å²) < 4.78 is 6.07. The maximum absolute atomic E-state index is 6.20. The van der Waals surface area contributed by atoms with Crippen molar-refractivity contribution in [2.24, 2.45) is 0 Å². The van der Waals surface area contributed by atoms with E-state index in [-0.39, 0.29) is 0 Å². The van der Waals surface area contributed by atoms with E-state index in [1.165, 1.54) is 47.8 Å². The molecule has 2 aromatic rings. The number of hydrogen-bond acceptors (Lipinski definition) is 4. The molecule has 1 aromatic heterocycles. The first-order chi connectivity index (χ1) is 12.5. The third kappa shape index (κ3) is 5.10. The lowest BCUT2D eigenvalue weighted by atomic mass is 9.95. The van der Waals surface area contributed by atoms with Gasteiger partial charge < -0.3 is 10.1 Å². The summed E-state index contributed by atoms with van der Waals surface area (Å²) in [4.78, 5) is 8.24. The van der Waals surface area contributed by atoms with E-state index in [0.717, 1.165) is 17.9 Å². The molecular weight excluding hydrogens is 346 g/mol. The van der Waals surface area contributed by atoms with Crippen LogP contribution in [0.4, 0.5) is 5.82 Å². The molecule has 0 fully saturated rings. The van der Waals surface area contributed by atoms with Crippen LogP contribution >= 0.6 is 11.6 Å². The van der Waals surface area contributed by atoms with Gasteiger partial charge in [-0.15, -0.1) is 0 Å². The van der Waals surface area contributed by atoms with Gasteiger partial charge in [0.05, 0.1) is 12.2 Å². The van der Waals surface area contributed by atoms with E-state index in [0.29, 0.717) is 24.0 Å². The molecule has 0 unspecified atom stereocenters. The lowest BCUT2D eigenvalue weighted by Gasteiger charge is -2.18. The number of anilines is 1. The van der Waals surface area contributed by atoms with Crippen molar-refractivity contribution >= 4 is 17.4 Å². The van der Waals surface area contributed by atoms with E-state index in [9.17, 15) is 0 Å². The molecule has 26 heavy (non-hydrogen) atoms. The fourth-order valence-electron chi connectivity index (χ4n) is 3.09. The van der Waals surface area contributed by atoms with Crippen LogP contribution in [0.25, 0.3) is 0 Å². The van der Waals surface area contributed by atoms with Crippen molar-refractivity contribution in [1.29, 1.82) is 0 Å². The zero-order valence-corrected chi connectivity index (χ0v) is 17.3. The maximum atomic E-state index is 6.20. The normalized spacial score (nSPS) is 10.8. The van der Waals surface area contributed by atoms with Crippen molar-refractivity contribution in [2.45, 2.75) is 60.3 Å². The van der Waals surface area contributed by atoms with Gasteiger partial charge in [0.25, 0.3) is 0 Å². The van der Waals surface area contributed by atoms with Crippen LogP contribution in [0.3, 0.4) is 0 Å². The number of hydrogen-bond donors (Lipinski definition) is 1. The van der Waals surface area contributed by atoms with Crippen LogP contribution in [-0.4, -0.2) is 23.1 Å². The standard InChI is InChI=1S/C21H30ClN3O/c1-6-7-8-9-18-12-14(2)20(16(4)15(18)3)26-11-10-23-21-19(22)17(5)24-13-25-21/h12-13H,6-11H2,1-5H3,(H,23,24,25). The number of unbranched alkanes of at least 4 members (excludes halogenated alkanes) is 2. The van der Waals surface area contributed by atoms with Gasteiger partial charge in [-0.3, -0.25) is 0 Å². The predicted molar refractivity (Wildman–Crippen MR) is 110 cm³/mol. The molecule has 0 radical (unpaired) electrons. The number of aryl methyl sites for hydroxylation is 3. The number of halogens is 1. The molecule has 1 aromatic carbocycles. The SMILES string of the molecule is CCCCCc1cc(C)c(OCCNc2ncnc(C)c2Cl)c(C)c1C. The Morgan fingerprint density at radius 2 is 1.85 bits per heavy atom. The Morgan fingerprint density at radius 3 is 2.58 bits per heavy atom. The first-order valence-corrected chi connectivity index (χ1v) is 9.76. The monoisotopic (exact) mass is 375 g/mol. The zero-order valence-electron chi connectivity index (χ0n) is 16.6. The Morgan fingerprint density at radius 1 is 1.08 bits per heavy atom. The molecule has 4 nitrogen and oxygen atoms in total. The number of rotatable bonds is 9. The minimum atomic E-state index is 0.551. The van der Waals surface area contributed by atoms with Gasteiger partial charge in [0, 0.05) is 0 Å². The van der Waals surface area contributed by atoms with E-state index in [1.54, 1.807) is 0 Å². The lowest BCUT2D eigenvalue weighted by molar-refractivity contribution is 0.328. The Kier molecular flexibility index (Phi) is 7.70. The van der Waals surface area contributed by atoms with E-state index < -0.39 is 0 Å². The van der Waals surface area contributed by atoms with Crippen LogP contribution in [0, 0.1) is 27.7 Å². The van der Waals surface area contributed by atoms with Crippen LogP contribution in [0.5, 0.6) is 5.75 Å². The second-order valence-electron chi connectivity index (χ2n) is 6.79. The van der Waals surface area contributed by atoms with Gasteiger partial charge >= 0.3 is 0 Å². The Balaban J connectivity index is 1.97. The highest BCUT2D eigenvalue weighted by Crippen LogP contribution is 2.30. The average Bonchev–Trinajstić information content (AvgIpc) is 2.62. The third-order valence-corrected chi connectivity index (χ3v) is 5.24. The minimum absolute atomic E-state index is 0.551. The van der Waals surface area contributed by atoms with Crippen LogP contribution in [0.2, 0.25) is 5.02 Å². The molecule has 5 heteroatoms. The summed E-state index contributed by atoms with van der Waals surface area (Å²) in [5.41, 5.74) is 6.01. The van der Waals surface area contributed by atoms with Crippen molar-refractivity contribution in [1.82, 2.24) is 9.97 Å². The van der Waals surface area contributed by atoms with E-state index in [1.807, 2.05) is 6.92 Å². The fraction of sp³-hybridized carbons (Fsp3) is 0.524. The van der Waals surface area contributed by atoms with E-state index in [4.69, 9.17) is 16.3 Å². The Bertz CT molecular complexity index is 747. The summed E-state index contributed by atoms with van der Waals surface area (Å²) in [6.45, 7) is 11.8. The summed E-state index contributed by atoms with van der Waals surface area (Å²) in [5.74, 6) is 1.65. The number of aromatic nitrogens is 2. The topological polar surface area (TPSA) is 47.0 Å². The van der Waals surface area contributed by atoms with Crippen LogP contribution < -0.4 is 10.1 Å². The molecule has 0 spiro atoms. The molecule has 0 aliphatic carbocycles. The summed E-state index contributed by atoms with van der Waals surface area (Å²) in [6.07, 6.45) is 6.45. The summed E-state index contributed by atoms with van der Waals surface area (Å²) in [5, 5.41) is 3.78. The molecule has 0 aliphatic heterocycles. The van der Waals surface area contributed by atoms with Gasteiger partial charge in [0.2, 0.25) is 0 Å². The van der Waals surface area contributed by atoms with Gasteiger partial charge in [0.15, 0.2) is 0 Å². The molecule has 142 valence electrons. The highest BCUT2D eigenvalue weighted by molar-refractivity contribution is 6.33. The second kappa shape index (κ2) is 9.77. The molecule has 0 saturated carbocycles. The first-order valence-electron chi connectivity index (χ1n) is 9.39. The molecule has 1 heterocycles. The molecule has 0 saturated heterocycles. The molecule has 0 aliphatic rings. The second-order valence-corrected chi connectivity index (χ2v) is 7.16. The van der Waals surface area contributed by atoms with Crippen molar-refractivity contribution in [3.8, 4) is 5.75 Å². The van der Waals surface area contributed by atoms with Gasteiger partial charge in [-0.1, -0.05) is 37.4 Å². The van der Waals surface area contributed by atoms with Gasteiger partial charge in [-0.25, -0.2) is 9.97 Å². The largest absolute Gasteiger partial charge is 0.491 e. The van der Waals surface area contributed by atoms with E-state index >= 15 is 0 Å². The van der Waals surface area contributed by atoms with Crippen LogP contribution in [-0.2, 0) is 6.42 Å². The predicted octanol–water partition coefficient (Wildman–Crippen LogP) is 5.59. The first kappa shape index (κ1) is 20.5. The van der Waals surface area contributed by atoms with Crippen molar-refractivity contribution in [3.63, 3.8) is 0 Å². The van der Waals surface area contributed by atoms with Crippen LogP contribution in [0.1, 0.15) is 54.1 Å². The number of ether oxygens (including phenoxy) is 1. The van der Waals surface area contributed by atoms with E-state index in [2.05, 4.69) is 49.0 Å². The molecular formula is C21H30ClN3O. The number of benzene rings is 1. The minimum Gasteiger partial charge on any atom is -0.491 e. The van der Waals surface area contributed by atoms with Gasteiger partial charge in [-0.05, 0) is 62.8 Å².